The lowest BCUT2D eigenvalue weighted by Crippen LogP contribution is -2.54. The summed E-state index contributed by atoms with van der Waals surface area (Å²) in [6.07, 6.45) is 6.92. The summed E-state index contributed by atoms with van der Waals surface area (Å²) < 4.78 is 0. The highest BCUT2D eigenvalue weighted by Gasteiger charge is 2.32. The molecule has 0 aromatic rings. The van der Waals surface area contributed by atoms with Gasteiger partial charge in [-0.1, -0.05) is 19.3 Å². The molecule has 0 spiro atoms. The van der Waals surface area contributed by atoms with Gasteiger partial charge >= 0.3 is 6.03 Å². The molecule has 118 valence electrons. The topological polar surface area (TPSA) is 64.7 Å². The Balaban J connectivity index is 1.42. The molecule has 1 atom stereocenters. The van der Waals surface area contributed by atoms with Crippen molar-refractivity contribution >= 4 is 11.9 Å². The van der Waals surface area contributed by atoms with Crippen LogP contribution in [-0.4, -0.2) is 67.0 Å². The SMILES string of the molecule is O=C1NC[C@@H](C(=O)N2CCN(CC3CCCCC3)CC2)N1. The van der Waals surface area contributed by atoms with E-state index in [2.05, 4.69) is 15.5 Å². The number of piperazine rings is 1. The highest BCUT2D eigenvalue weighted by molar-refractivity contribution is 5.90. The maximum absolute atomic E-state index is 12.3. The van der Waals surface area contributed by atoms with Gasteiger partial charge < -0.3 is 15.5 Å². The molecule has 6 nitrogen and oxygen atoms in total. The zero-order chi connectivity index (χ0) is 14.7. The van der Waals surface area contributed by atoms with Crippen LogP contribution in [0.15, 0.2) is 0 Å². The van der Waals surface area contributed by atoms with Gasteiger partial charge in [-0.3, -0.25) is 9.69 Å². The van der Waals surface area contributed by atoms with Crippen molar-refractivity contribution in [3.8, 4) is 0 Å². The Morgan fingerprint density at radius 1 is 1.10 bits per heavy atom. The van der Waals surface area contributed by atoms with E-state index < -0.39 is 0 Å². The summed E-state index contributed by atoms with van der Waals surface area (Å²) >= 11 is 0. The van der Waals surface area contributed by atoms with Gasteiger partial charge in [-0.25, -0.2) is 4.79 Å². The molecule has 3 aliphatic rings. The predicted octanol–water partition coefficient (Wildman–Crippen LogP) is 0.392. The van der Waals surface area contributed by atoms with E-state index in [1.54, 1.807) is 0 Å². The van der Waals surface area contributed by atoms with Gasteiger partial charge in [0.15, 0.2) is 0 Å². The average Bonchev–Trinajstić information content (AvgIpc) is 2.95. The zero-order valence-corrected chi connectivity index (χ0v) is 12.6. The van der Waals surface area contributed by atoms with E-state index in [1.807, 2.05) is 4.90 Å². The van der Waals surface area contributed by atoms with E-state index in [4.69, 9.17) is 0 Å². The molecule has 21 heavy (non-hydrogen) atoms. The molecule has 0 unspecified atom stereocenters. The summed E-state index contributed by atoms with van der Waals surface area (Å²) in [5.41, 5.74) is 0. The van der Waals surface area contributed by atoms with Crippen molar-refractivity contribution in [3.05, 3.63) is 0 Å². The Morgan fingerprint density at radius 2 is 1.81 bits per heavy atom. The zero-order valence-electron chi connectivity index (χ0n) is 12.6. The largest absolute Gasteiger partial charge is 0.338 e. The van der Waals surface area contributed by atoms with E-state index in [9.17, 15) is 9.59 Å². The first-order valence-corrected chi connectivity index (χ1v) is 8.28. The number of carbonyl (C=O) groups excluding carboxylic acids is 2. The molecule has 3 amide bonds. The molecule has 0 radical (unpaired) electrons. The molecule has 1 saturated carbocycles. The summed E-state index contributed by atoms with van der Waals surface area (Å²) in [6.45, 7) is 5.13. The van der Waals surface area contributed by atoms with E-state index in [-0.39, 0.29) is 18.0 Å². The molecule has 0 aromatic heterocycles. The monoisotopic (exact) mass is 294 g/mol. The summed E-state index contributed by atoms with van der Waals surface area (Å²) in [5.74, 6) is 0.921. The molecule has 0 aromatic carbocycles. The maximum Gasteiger partial charge on any atom is 0.315 e. The first-order valence-electron chi connectivity index (χ1n) is 8.28. The Labute approximate surface area is 126 Å². The van der Waals surface area contributed by atoms with Gasteiger partial charge in [0.2, 0.25) is 5.91 Å². The van der Waals surface area contributed by atoms with Crippen molar-refractivity contribution in [2.45, 2.75) is 38.1 Å². The third-order valence-electron chi connectivity index (χ3n) is 5.00. The molecule has 2 saturated heterocycles. The highest BCUT2D eigenvalue weighted by Crippen LogP contribution is 2.24. The fourth-order valence-electron chi connectivity index (χ4n) is 3.71. The average molecular weight is 294 g/mol. The fraction of sp³-hybridized carbons (Fsp3) is 0.867. The van der Waals surface area contributed by atoms with Crippen molar-refractivity contribution in [3.63, 3.8) is 0 Å². The number of nitrogens with zero attached hydrogens (tertiary/aromatic N) is 2. The number of hydrogen-bond acceptors (Lipinski definition) is 3. The normalized spacial score (nSPS) is 28.3. The van der Waals surface area contributed by atoms with Crippen LogP contribution in [-0.2, 0) is 4.79 Å². The van der Waals surface area contributed by atoms with Crippen molar-refractivity contribution in [1.29, 1.82) is 0 Å². The van der Waals surface area contributed by atoms with Crippen LogP contribution in [0, 0.1) is 5.92 Å². The van der Waals surface area contributed by atoms with E-state index in [0.717, 1.165) is 32.1 Å². The maximum atomic E-state index is 12.3. The van der Waals surface area contributed by atoms with E-state index in [1.165, 1.54) is 38.6 Å². The molecule has 2 aliphatic heterocycles. The Bertz CT molecular complexity index is 387. The summed E-state index contributed by atoms with van der Waals surface area (Å²) in [6, 6.07) is -0.605. The molecular formula is C15H26N4O2. The number of hydrogen-bond donors (Lipinski definition) is 2. The van der Waals surface area contributed by atoms with Crippen molar-refractivity contribution in [2.24, 2.45) is 5.92 Å². The molecule has 2 heterocycles. The molecule has 1 aliphatic carbocycles. The van der Waals surface area contributed by atoms with Gasteiger partial charge in [0.05, 0.1) is 0 Å². The minimum absolute atomic E-state index is 0.0608. The quantitative estimate of drug-likeness (QED) is 0.791. The van der Waals surface area contributed by atoms with Gasteiger partial charge in [0, 0.05) is 39.3 Å². The summed E-state index contributed by atoms with van der Waals surface area (Å²) in [7, 11) is 0. The lowest BCUT2D eigenvalue weighted by Gasteiger charge is -2.38. The van der Waals surface area contributed by atoms with E-state index >= 15 is 0 Å². The summed E-state index contributed by atoms with van der Waals surface area (Å²) in [4.78, 5) is 27.8. The van der Waals surface area contributed by atoms with Gasteiger partial charge in [0.1, 0.15) is 6.04 Å². The fourth-order valence-corrected chi connectivity index (χ4v) is 3.71. The molecular weight excluding hydrogens is 268 g/mol. The van der Waals surface area contributed by atoms with Gasteiger partial charge in [0.25, 0.3) is 0 Å². The number of nitrogens with one attached hydrogen (secondary N) is 2. The number of rotatable bonds is 3. The Morgan fingerprint density at radius 3 is 2.43 bits per heavy atom. The van der Waals surface area contributed by atoms with E-state index in [0.29, 0.717) is 6.54 Å². The molecule has 0 bridgehead atoms. The molecule has 3 fully saturated rings. The van der Waals surface area contributed by atoms with Crippen LogP contribution >= 0.6 is 0 Å². The third kappa shape index (κ3) is 3.67. The van der Waals surface area contributed by atoms with Crippen LogP contribution in [0.25, 0.3) is 0 Å². The molecule has 3 rings (SSSR count). The van der Waals surface area contributed by atoms with Crippen LogP contribution in [0.5, 0.6) is 0 Å². The number of amides is 3. The minimum Gasteiger partial charge on any atom is -0.338 e. The third-order valence-corrected chi connectivity index (χ3v) is 5.00. The van der Waals surface area contributed by atoms with Crippen molar-refractivity contribution in [2.75, 3.05) is 39.3 Å². The second-order valence-electron chi connectivity index (χ2n) is 6.54. The first-order chi connectivity index (χ1) is 10.2. The lowest BCUT2D eigenvalue weighted by atomic mass is 9.89. The second kappa shape index (κ2) is 6.64. The van der Waals surface area contributed by atoms with Gasteiger partial charge in [-0.2, -0.15) is 0 Å². The van der Waals surface area contributed by atoms with Gasteiger partial charge in [-0.05, 0) is 18.8 Å². The highest BCUT2D eigenvalue weighted by atomic mass is 16.2. The van der Waals surface area contributed by atoms with Crippen LogP contribution in [0.3, 0.4) is 0 Å². The van der Waals surface area contributed by atoms with Crippen LogP contribution < -0.4 is 10.6 Å². The van der Waals surface area contributed by atoms with Crippen LogP contribution in [0.2, 0.25) is 0 Å². The van der Waals surface area contributed by atoms with Crippen LogP contribution in [0.4, 0.5) is 4.79 Å². The summed E-state index contributed by atoms with van der Waals surface area (Å²) in [5, 5.41) is 5.32. The van der Waals surface area contributed by atoms with Crippen molar-refractivity contribution in [1.82, 2.24) is 20.4 Å². The second-order valence-corrected chi connectivity index (χ2v) is 6.54. The Kier molecular flexibility index (Phi) is 4.63. The molecule has 6 heteroatoms. The predicted molar refractivity (Wildman–Crippen MR) is 79.9 cm³/mol. The lowest BCUT2D eigenvalue weighted by molar-refractivity contribution is -0.134. The minimum atomic E-state index is -0.373. The Hall–Kier alpha value is -1.30. The van der Waals surface area contributed by atoms with Crippen LogP contribution in [0.1, 0.15) is 32.1 Å². The van der Waals surface area contributed by atoms with Crippen molar-refractivity contribution < 1.29 is 9.59 Å². The number of carbonyl (C=O) groups is 2. The first kappa shape index (κ1) is 14.6. The smallest absolute Gasteiger partial charge is 0.315 e. The van der Waals surface area contributed by atoms with Gasteiger partial charge in [-0.15, -0.1) is 0 Å². The standard InChI is InChI=1S/C15H26N4O2/c20-14(13-10-16-15(21)17-13)19-8-6-18(7-9-19)11-12-4-2-1-3-5-12/h12-13H,1-11H2,(H2,16,17,21)/t13-/m0/s1. The number of urea groups is 1. The molecule has 2 N–H and O–H groups in total.